The molecule has 1 fully saturated rings. The number of amides is 1. The summed E-state index contributed by atoms with van der Waals surface area (Å²) in [6.07, 6.45) is 5.14. The molecule has 4 nitrogen and oxygen atoms in total. The molecule has 0 saturated heterocycles. The quantitative estimate of drug-likeness (QED) is 0.823. The fraction of sp³-hybridized carbons (Fsp3) is 0.929. The normalized spacial score (nSPS) is 27.9. The number of carbonyl (C=O) groups excluding carboxylic acids is 1. The molecule has 106 valence electrons. The summed E-state index contributed by atoms with van der Waals surface area (Å²) in [5, 5.41) is 0. The zero-order valence-electron chi connectivity index (χ0n) is 12.1. The standard InChI is InChI=1S/C14H28N2O2/c1-4-9-16(13(17)18-5-2)14(11-15)8-6-7-12(3)10-14/h12H,4-11,15H2,1-3H3. The maximum atomic E-state index is 12.2. The third-order valence-electron chi connectivity index (χ3n) is 3.96. The minimum absolute atomic E-state index is 0.181. The van der Waals surface area contributed by atoms with Crippen LogP contribution in [0.2, 0.25) is 0 Å². The van der Waals surface area contributed by atoms with Crippen LogP contribution >= 0.6 is 0 Å². The second-order valence-corrected chi connectivity index (χ2v) is 5.48. The van der Waals surface area contributed by atoms with E-state index >= 15 is 0 Å². The van der Waals surface area contributed by atoms with Crippen LogP contribution in [-0.2, 0) is 4.74 Å². The summed E-state index contributed by atoms with van der Waals surface area (Å²) >= 11 is 0. The van der Waals surface area contributed by atoms with E-state index in [0.717, 1.165) is 32.2 Å². The van der Waals surface area contributed by atoms with Crippen molar-refractivity contribution in [1.82, 2.24) is 4.90 Å². The van der Waals surface area contributed by atoms with Gasteiger partial charge in [-0.2, -0.15) is 0 Å². The number of rotatable bonds is 5. The second kappa shape index (κ2) is 6.98. The van der Waals surface area contributed by atoms with E-state index in [9.17, 15) is 4.79 Å². The number of hydrogen-bond donors (Lipinski definition) is 1. The maximum absolute atomic E-state index is 12.2. The Kier molecular flexibility index (Phi) is 5.93. The molecule has 2 atom stereocenters. The molecule has 1 saturated carbocycles. The highest BCUT2D eigenvalue weighted by atomic mass is 16.6. The summed E-state index contributed by atoms with van der Waals surface area (Å²) in [6, 6.07) is 0. The van der Waals surface area contributed by atoms with Gasteiger partial charge in [0.25, 0.3) is 0 Å². The van der Waals surface area contributed by atoms with Gasteiger partial charge in [-0.25, -0.2) is 4.79 Å². The topological polar surface area (TPSA) is 55.6 Å². The molecule has 1 aliphatic carbocycles. The van der Waals surface area contributed by atoms with Crippen LogP contribution in [0.1, 0.15) is 52.9 Å². The van der Waals surface area contributed by atoms with Crippen molar-refractivity contribution in [2.45, 2.75) is 58.4 Å². The van der Waals surface area contributed by atoms with Crippen LogP contribution in [-0.4, -0.2) is 36.2 Å². The van der Waals surface area contributed by atoms with Gasteiger partial charge in [0, 0.05) is 13.1 Å². The Labute approximate surface area is 111 Å². The number of nitrogens with zero attached hydrogens (tertiary/aromatic N) is 1. The predicted octanol–water partition coefficient (Wildman–Crippen LogP) is 2.76. The van der Waals surface area contributed by atoms with Gasteiger partial charge in [-0.05, 0) is 32.1 Å². The van der Waals surface area contributed by atoms with Crippen LogP contribution in [0, 0.1) is 5.92 Å². The van der Waals surface area contributed by atoms with E-state index in [0.29, 0.717) is 19.1 Å². The molecule has 0 aromatic carbocycles. The van der Waals surface area contributed by atoms with E-state index in [1.165, 1.54) is 6.42 Å². The Hall–Kier alpha value is -0.770. The van der Waals surface area contributed by atoms with Crippen molar-refractivity contribution in [3.05, 3.63) is 0 Å². The summed E-state index contributed by atoms with van der Waals surface area (Å²) in [5.74, 6) is 0.635. The number of ether oxygens (including phenoxy) is 1. The van der Waals surface area contributed by atoms with Crippen LogP contribution < -0.4 is 5.73 Å². The highest BCUT2D eigenvalue weighted by Gasteiger charge is 2.41. The SMILES string of the molecule is CCCN(C(=O)OCC)C1(CN)CCCC(C)C1. The number of nitrogens with two attached hydrogens (primary N) is 1. The Morgan fingerprint density at radius 1 is 1.50 bits per heavy atom. The lowest BCUT2D eigenvalue weighted by atomic mass is 9.75. The summed E-state index contributed by atoms with van der Waals surface area (Å²) < 4.78 is 5.20. The molecule has 2 N–H and O–H groups in total. The van der Waals surface area contributed by atoms with Crippen molar-refractivity contribution in [2.24, 2.45) is 11.7 Å². The van der Waals surface area contributed by atoms with Gasteiger partial charge in [0.05, 0.1) is 12.1 Å². The first-order valence-corrected chi connectivity index (χ1v) is 7.24. The Morgan fingerprint density at radius 3 is 2.72 bits per heavy atom. The molecule has 1 aliphatic rings. The molecule has 2 unspecified atom stereocenters. The summed E-state index contributed by atoms with van der Waals surface area (Å²) in [4.78, 5) is 14.0. The van der Waals surface area contributed by atoms with Gasteiger partial charge < -0.3 is 15.4 Å². The summed E-state index contributed by atoms with van der Waals surface area (Å²) in [5.41, 5.74) is 5.84. The van der Waals surface area contributed by atoms with Gasteiger partial charge in [0.15, 0.2) is 0 Å². The molecule has 0 spiro atoms. The Bertz CT molecular complexity index is 271. The third kappa shape index (κ3) is 3.37. The average Bonchev–Trinajstić information content (AvgIpc) is 2.36. The highest BCUT2D eigenvalue weighted by molar-refractivity contribution is 5.68. The summed E-state index contributed by atoms with van der Waals surface area (Å²) in [7, 11) is 0. The molecular weight excluding hydrogens is 228 g/mol. The van der Waals surface area contributed by atoms with E-state index in [4.69, 9.17) is 10.5 Å². The number of hydrogen-bond acceptors (Lipinski definition) is 3. The molecular formula is C14H28N2O2. The van der Waals surface area contributed by atoms with Gasteiger partial charge in [-0.1, -0.05) is 26.7 Å². The average molecular weight is 256 g/mol. The van der Waals surface area contributed by atoms with Crippen molar-refractivity contribution >= 4 is 6.09 Å². The Morgan fingerprint density at radius 2 is 2.22 bits per heavy atom. The first kappa shape index (κ1) is 15.3. The summed E-state index contributed by atoms with van der Waals surface area (Å²) in [6.45, 7) is 7.89. The first-order chi connectivity index (χ1) is 8.59. The van der Waals surface area contributed by atoms with E-state index in [-0.39, 0.29) is 11.6 Å². The van der Waals surface area contributed by atoms with Gasteiger partial charge in [-0.3, -0.25) is 0 Å². The molecule has 4 heteroatoms. The molecule has 0 aliphatic heterocycles. The lowest BCUT2D eigenvalue weighted by molar-refractivity contribution is 0.0252. The fourth-order valence-corrected chi connectivity index (χ4v) is 3.12. The molecule has 0 aromatic rings. The van der Waals surface area contributed by atoms with Crippen molar-refractivity contribution in [3.63, 3.8) is 0 Å². The fourth-order valence-electron chi connectivity index (χ4n) is 3.12. The second-order valence-electron chi connectivity index (χ2n) is 5.48. The van der Waals surface area contributed by atoms with Crippen LogP contribution in [0.3, 0.4) is 0 Å². The molecule has 1 rings (SSSR count). The Balaban J connectivity index is 2.87. The van der Waals surface area contributed by atoms with Crippen LogP contribution in [0.4, 0.5) is 4.79 Å². The zero-order valence-corrected chi connectivity index (χ0v) is 12.1. The molecule has 0 bridgehead atoms. The van der Waals surface area contributed by atoms with E-state index in [1.807, 2.05) is 11.8 Å². The van der Waals surface area contributed by atoms with Crippen molar-refractivity contribution in [2.75, 3.05) is 19.7 Å². The van der Waals surface area contributed by atoms with E-state index < -0.39 is 0 Å². The molecule has 0 radical (unpaired) electrons. The maximum Gasteiger partial charge on any atom is 0.410 e. The van der Waals surface area contributed by atoms with Crippen molar-refractivity contribution in [1.29, 1.82) is 0 Å². The zero-order chi connectivity index (χ0) is 13.6. The lowest BCUT2D eigenvalue weighted by Crippen LogP contribution is -2.58. The molecule has 18 heavy (non-hydrogen) atoms. The smallest absolute Gasteiger partial charge is 0.410 e. The van der Waals surface area contributed by atoms with Gasteiger partial charge in [0.2, 0.25) is 0 Å². The van der Waals surface area contributed by atoms with Crippen LogP contribution in [0.15, 0.2) is 0 Å². The molecule has 1 amide bonds. The predicted molar refractivity (Wildman–Crippen MR) is 73.4 cm³/mol. The largest absolute Gasteiger partial charge is 0.450 e. The third-order valence-corrected chi connectivity index (χ3v) is 3.96. The monoisotopic (exact) mass is 256 g/mol. The van der Waals surface area contributed by atoms with E-state index in [2.05, 4.69) is 13.8 Å². The van der Waals surface area contributed by atoms with Gasteiger partial charge in [-0.15, -0.1) is 0 Å². The lowest BCUT2D eigenvalue weighted by Gasteiger charge is -2.47. The van der Waals surface area contributed by atoms with Gasteiger partial charge in [0.1, 0.15) is 0 Å². The van der Waals surface area contributed by atoms with E-state index in [1.54, 1.807) is 0 Å². The molecule has 0 heterocycles. The van der Waals surface area contributed by atoms with Gasteiger partial charge >= 0.3 is 6.09 Å². The minimum Gasteiger partial charge on any atom is -0.450 e. The minimum atomic E-state index is -0.195. The highest BCUT2D eigenvalue weighted by Crippen LogP contribution is 2.36. The first-order valence-electron chi connectivity index (χ1n) is 7.24. The van der Waals surface area contributed by atoms with Crippen molar-refractivity contribution in [3.8, 4) is 0 Å². The van der Waals surface area contributed by atoms with Crippen molar-refractivity contribution < 1.29 is 9.53 Å². The molecule has 0 aromatic heterocycles. The number of carbonyl (C=O) groups is 1. The van der Waals surface area contributed by atoms with Crippen LogP contribution in [0.5, 0.6) is 0 Å². The van der Waals surface area contributed by atoms with Crippen LogP contribution in [0.25, 0.3) is 0 Å².